The van der Waals surface area contributed by atoms with E-state index in [0.717, 1.165) is 5.56 Å². The van der Waals surface area contributed by atoms with Crippen LogP contribution >= 0.6 is 0 Å². The van der Waals surface area contributed by atoms with Gasteiger partial charge in [0, 0.05) is 5.69 Å². The second kappa shape index (κ2) is 5.74. The van der Waals surface area contributed by atoms with Crippen molar-refractivity contribution in [2.45, 2.75) is 6.92 Å². The molecule has 1 N–H and O–H groups in total. The fourth-order valence-electron chi connectivity index (χ4n) is 1.12. The Morgan fingerprint density at radius 3 is 2.65 bits per heavy atom. The van der Waals surface area contributed by atoms with E-state index in [1.807, 2.05) is 0 Å². The molecule has 6 nitrogen and oxygen atoms in total. The van der Waals surface area contributed by atoms with Gasteiger partial charge in [0.1, 0.15) is 0 Å². The number of anilines is 1. The van der Waals surface area contributed by atoms with E-state index in [-0.39, 0.29) is 0 Å². The molecule has 0 fully saturated rings. The maximum absolute atomic E-state index is 11.0. The Bertz CT molecular complexity index is 443. The molecule has 0 heterocycles. The molecule has 1 amide bonds. The van der Waals surface area contributed by atoms with Crippen molar-refractivity contribution in [1.29, 1.82) is 0 Å². The van der Waals surface area contributed by atoms with Gasteiger partial charge in [-0.1, -0.05) is 6.07 Å². The van der Waals surface area contributed by atoms with E-state index in [9.17, 15) is 9.90 Å². The quantitative estimate of drug-likeness (QED) is 0.618. The predicted molar refractivity (Wildman–Crippen MR) is 61.3 cm³/mol. The van der Waals surface area contributed by atoms with Crippen molar-refractivity contribution in [2.24, 2.45) is 4.99 Å². The summed E-state index contributed by atoms with van der Waals surface area (Å²) < 4.78 is 8.89. The molecule has 0 aliphatic carbocycles. The molecule has 0 bridgehead atoms. The number of carbonyl (C=O) groups excluding carboxylic acids is 1. The van der Waals surface area contributed by atoms with E-state index < -0.39 is 12.2 Å². The van der Waals surface area contributed by atoms with Crippen LogP contribution in [0, 0.1) is 6.92 Å². The Labute approximate surface area is 98.9 Å². The largest absolute Gasteiger partial charge is 0.603 e. The highest BCUT2D eigenvalue weighted by Crippen LogP contribution is 2.23. The summed E-state index contributed by atoms with van der Waals surface area (Å²) in [7, 11) is 2.51. The molecule has 0 radical (unpaired) electrons. The summed E-state index contributed by atoms with van der Waals surface area (Å²) in [6.45, 7) is 1.80. The lowest BCUT2D eigenvalue weighted by Gasteiger charge is -2.10. The molecule has 17 heavy (non-hydrogen) atoms. The summed E-state index contributed by atoms with van der Waals surface area (Å²) in [6, 6.07) is 4.97. The molecular formula is C11H13N2O4-. The van der Waals surface area contributed by atoms with Gasteiger partial charge in [-0.15, -0.1) is 0 Å². The van der Waals surface area contributed by atoms with Crippen LogP contribution in [0.1, 0.15) is 5.56 Å². The van der Waals surface area contributed by atoms with Crippen molar-refractivity contribution in [3.05, 3.63) is 23.8 Å². The smallest absolute Gasteiger partial charge is 0.411 e. The van der Waals surface area contributed by atoms with E-state index in [4.69, 9.17) is 0 Å². The van der Waals surface area contributed by atoms with Crippen LogP contribution in [0.4, 0.5) is 16.2 Å². The number of methoxy groups -OCH3 is 2. The maximum atomic E-state index is 11.0. The Kier molecular flexibility index (Phi) is 4.33. The van der Waals surface area contributed by atoms with Crippen LogP contribution in [0.25, 0.3) is 0 Å². The average molecular weight is 237 g/mol. The minimum absolute atomic E-state index is 0.436. The van der Waals surface area contributed by atoms with Gasteiger partial charge in [-0.2, -0.15) is 0 Å². The van der Waals surface area contributed by atoms with E-state index in [1.54, 1.807) is 25.1 Å². The first-order chi connectivity index (χ1) is 8.06. The van der Waals surface area contributed by atoms with Crippen LogP contribution in [0.2, 0.25) is 0 Å². The number of amides is 1. The highest BCUT2D eigenvalue weighted by molar-refractivity contribution is 5.85. The molecule has 92 valence electrons. The number of benzene rings is 1. The fourth-order valence-corrected chi connectivity index (χ4v) is 1.12. The zero-order valence-corrected chi connectivity index (χ0v) is 9.81. The number of aryl methyl sites for hydroxylation is 1. The van der Waals surface area contributed by atoms with Gasteiger partial charge in [0.25, 0.3) is 0 Å². The predicted octanol–water partition coefficient (Wildman–Crippen LogP) is 1.17. The Morgan fingerprint density at radius 1 is 1.35 bits per heavy atom. The highest BCUT2D eigenvalue weighted by Gasteiger charge is 2.03. The third-order valence-electron chi connectivity index (χ3n) is 2.03. The van der Waals surface area contributed by atoms with Gasteiger partial charge in [-0.3, -0.25) is 5.32 Å². The van der Waals surface area contributed by atoms with Crippen LogP contribution in [-0.2, 0) is 9.47 Å². The fraction of sp³-hybridized carbons (Fsp3) is 0.273. The Balaban J connectivity index is 2.98. The number of aliphatic imine (C=N–C) groups is 1. The SMILES string of the molecule is COC(=O)Nc1ccc(C)c(N=C([O-])OC)c1. The molecule has 0 aliphatic heterocycles. The zero-order valence-electron chi connectivity index (χ0n) is 9.81. The molecule has 0 aromatic heterocycles. The summed E-state index contributed by atoms with van der Waals surface area (Å²) in [5, 5.41) is 13.5. The first-order valence-corrected chi connectivity index (χ1v) is 4.82. The normalized spacial score (nSPS) is 10.9. The van der Waals surface area contributed by atoms with E-state index in [1.165, 1.54) is 14.2 Å². The molecule has 1 aromatic rings. The first-order valence-electron chi connectivity index (χ1n) is 4.82. The lowest BCUT2D eigenvalue weighted by atomic mass is 10.2. The van der Waals surface area contributed by atoms with Gasteiger partial charge >= 0.3 is 6.09 Å². The van der Waals surface area contributed by atoms with Gasteiger partial charge < -0.3 is 14.6 Å². The minimum atomic E-state index is -0.691. The monoisotopic (exact) mass is 237 g/mol. The van der Waals surface area contributed by atoms with Crippen LogP contribution in [0.5, 0.6) is 0 Å². The standard InChI is InChI=1S/C11H14N2O4/c1-7-4-5-8(12-10(14)16-2)6-9(7)13-11(15)17-3/h4-6H,1-3H3,(H,12,14)(H,13,15)/p-1. The van der Waals surface area contributed by atoms with E-state index >= 15 is 0 Å². The number of hydrogen-bond donors (Lipinski definition) is 1. The van der Waals surface area contributed by atoms with Gasteiger partial charge in [0.2, 0.25) is 0 Å². The number of hydrogen-bond acceptors (Lipinski definition) is 5. The van der Waals surface area contributed by atoms with Crippen molar-refractivity contribution >= 4 is 23.6 Å². The molecule has 6 heteroatoms. The van der Waals surface area contributed by atoms with Crippen molar-refractivity contribution in [3.8, 4) is 0 Å². The molecule has 0 spiro atoms. The minimum Gasteiger partial charge on any atom is -0.603 e. The average Bonchev–Trinajstić information content (AvgIpc) is 2.33. The second-order valence-electron chi connectivity index (χ2n) is 3.20. The molecule has 0 aliphatic rings. The summed E-state index contributed by atoms with van der Waals surface area (Å²) in [6.07, 6.45) is -1.28. The summed E-state index contributed by atoms with van der Waals surface area (Å²) in [5.74, 6) is 0. The molecule has 0 atom stereocenters. The van der Waals surface area contributed by atoms with E-state index in [2.05, 4.69) is 19.8 Å². The van der Waals surface area contributed by atoms with Crippen LogP contribution in [0.3, 0.4) is 0 Å². The topological polar surface area (TPSA) is 83.0 Å². The summed E-state index contributed by atoms with van der Waals surface area (Å²) in [5.41, 5.74) is 1.72. The van der Waals surface area contributed by atoms with Gasteiger partial charge in [0.15, 0.2) is 6.08 Å². The first kappa shape index (κ1) is 12.8. The Hall–Kier alpha value is -2.24. The van der Waals surface area contributed by atoms with Gasteiger partial charge in [-0.25, -0.2) is 9.79 Å². The number of carbonyl (C=O) groups is 1. The van der Waals surface area contributed by atoms with Crippen molar-refractivity contribution < 1.29 is 19.4 Å². The molecule has 0 saturated carbocycles. The lowest BCUT2D eigenvalue weighted by molar-refractivity contribution is -0.247. The number of ether oxygens (including phenoxy) is 2. The zero-order chi connectivity index (χ0) is 12.8. The van der Waals surface area contributed by atoms with Gasteiger partial charge in [-0.05, 0) is 31.7 Å². The summed E-state index contributed by atoms with van der Waals surface area (Å²) >= 11 is 0. The van der Waals surface area contributed by atoms with E-state index in [0.29, 0.717) is 11.4 Å². The second-order valence-corrected chi connectivity index (χ2v) is 3.20. The molecule has 0 saturated heterocycles. The van der Waals surface area contributed by atoms with Crippen molar-refractivity contribution in [3.63, 3.8) is 0 Å². The summed E-state index contributed by atoms with van der Waals surface area (Å²) in [4.78, 5) is 14.7. The highest BCUT2D eigenvalue weighted by atomic mass is 16.6. The number of rotatable bonds is 2. The molecule has 0 unspecified atom stereocenters. The van der Waals surface area contributed by atoms with Crippen molar-refractivity contribution in [1.82, 2.24) is 0 Å². The molecule has 1 rings (SSSR count). The third-order valence-corrected chi connectivity index (χ3v) is 2.03. The number of nitrogens with zero attached hydrogens (tertiary/aromatic N) is 1. The molecule has 1 aromatic carbocycles. The van der Waals surface area contributed by atoms with Crippen LogP contribution in [-0.4, -0.2) is 26.4 Å². The van der Waals surface area contributed by atoms with Crippen molar-refractivity contribution in [2.75, 3.05) is 19.5 Å². The Morgan fingerprint density at radius 2 is 2.06 bits per heavy atom. The number of nitrogens with one attached hydrogen (secondary N) is 1. The lowest BCUT2D eigenvalue weighted by Crippen LogP contribution is -2.18. The maximum Gasteiger partial charge on any atom is 0.411 e. The molecular weight excluding hydrogens is 224 g/mol. The van der Waals surface area contributed by atoms with Crippen LogP contribution < -0.4 is 10.4 Å². The van der Waals surface area contributed by atoms with Crippen LogP contribution in [0.15, 0.2) is 23.2 Å². The third kappa shape index (κ3) is 3.67. The van der Waals surface area contributed by atoms with Gasteiger partial charge in [0.05, 0.1) is 12.8 Å².